The molecule has 0 spiro atoms. The maximum atomic E-state index is 13.4. The monoisotopic (exact) mass is 427 g/mol. The van der Waals surface area contributed by atoms with Crippen LogP contribution in [0, 0.1) is 0 Å². The summed E-state index contributed by atoms with van der Waals surface area (Å²) < 4.78 is 0. The Labute approximate surface area is 189 Å². The van der Waals surface area contributed by atoms with E-state index in [-0.39, 0.29) is 11.9 Å². The molecule has 3 aromatic rings. The lowest BCUT2D eigenvalue weighted by atomic mass is 10.0. The molecule has 1 amide bonds. The molecule has 3 heterocycles. The number of carbonyl (C=O) groups excluding carboxylic acids is 1. The molecule has 1 aromatic heterocycles. The molecule has 0 radical (unpaired) electrons. The normalized spacial score (nSPS) is 19.3. The van der Waals surface area contributed by atoms with Gasteiger partial charge in [0.15, 0.2) is 0 Å². The summed E-state index contributed by atoms with van der Waals surface area (Å²) in [5, 5.41) is 0. The van der Waals surface area contributed by atoms with Crippen molar-refractivity contribution < 1.29 is 4.79 Å². The molecule has 2 aromatic carbocycles. The SMILES string of the molecule is CN1CCN(C(=O)c2ccc(-c3cc(N4CCCC4)ncn3)cc2)C(c2ccccc2)C1. The molecule has 0 N–H and O–H groups in total. The summed E-state index contributed by atoms with van der Waals surface area (Å²) >= 11 is 0. The van der Waals surface area contributed by atoms with Gasteiger partial charge in [-0.2, -0.15) is 0 Å². The predicted molar refractivity (Wildman–Crippen MR) is 127 cm³/mol. The second-order valence-electron chi connectivity index (χ2n) is 8.72. The average Bonchev–Trinajstić information content (AvgIpc) is 3.40. The Morgan fingerprint density at radius 3 is 2.41 bits per heavy atom. The van der Waals surface area contributed by atoms with Crippen molar-refractivity contribution in [3.8, 4) is 11.3 Å². The van der Waals surface area contributed by atoms with E-state index in [0.717, 1.165) is 49.8 Å². The number of piperazine rings is 1. The lowest BCUT2D eigenvalue weighted by Gasteiger charge is -2.40. The summed E-state index contributed by atoms with van der Waals surface area (Å²) in [6, 6.07) is 20.3. The largest absolute Gasteiger partial charge is 0.357 e. The van der Waals surface area contributed by atoms with Crippen LogP contribution in [-0.2, 0) is 0 Å². The highest BCUT2D eigenvalue weighted by molar-refractivity contribution is 5.95. The van der Waals surface area contributed by atoms with E-state index in [0.29, 0.717) is 5.56 Å². The topological polar surface area (TPSA) is 52.6 Å². The molecule has 0 saturated carbocycles. The zero-order valence-corrected chi connectivity index (χ0v) is 18.5. The van der Waals surface area contributed by atoms with E-state index in [1.807, 2.05) is 53.4 Å². The molecule has 6 nitrogen and oxygen atoms in total. The van der Waals surface area contributed by atoms with Crippen LogP contribution < -0.4 is 4.90 Å². The van der Waals surface area contributed by atoms with Crippen LogP contribution in [0.5, 0.6) is 0 Å². The Morgan fingerprint density at radius 2 is 1.66 bits per heavy atom. The Hall–Kier alpha value is -3.25. The van der Waals surface area contributed by atoms with Crippen LogP contribution in [-0.4, -0.2) is 65.4 Å². The van der Waals surface area contributed by atoms with E-state index in [2.05, 4.69) is 38.9 Å². The minimum atomic E-state index is 0.0620. The number of benzene rings is 2. The van der Waals surface area contributed by atoms with Gasteiger partial charge in [-0.1, -0.05) is 42.5 Å². The number of rotatable bonds is 4. The van der Waals surface area contributed by atoms with Gasteiger partial charge in [-0.15, -0.1) is 0 Å². The smallest absolute Gasteiger partial charge is 0.254 e. The summed E-state index contributed by atoms with van der Waals surface area (Å²) in [6.45, 7) is 4.55. The molecular formula is C26H29N5O. The number of aromatic nitrogens is 2. The van der Waals surface area contributed by atoms with E-state index in [4.69, 9.17) is 0 Å². The second-order valence-corrected chi connectivity index (χ2v) is 8.72. The minimum Gasteiger partial charge on any atom is -0.357 e. The van der Waals surface area contributed by atoms with Gasteiger partial charge in [0.1, 0.15) is 12.1 Å². The molecule has 6 heteroatoms. The Bertz CT molecular complexity index is 1060. The molecule has 32 heavy (non-hydrogen) atoms. The first-order chi connectivity index (χ1) is 15.7. The Balaban J connectivity index is 1.36. The standard InChI is InChI=1S/C26H29N5O/c1-29-15-16-31(24(18-29)21-7-3-2-4-8-21)26(32)22-11-9-20(10-12-22)23-17-25(28-19-27-23)30-13-5-6-14-30/h2-4,7-12,17,19,24H,5-6,13-16,18H2,1H3. The van der Waals surface area contributed by atoms with Crippen LogP contribution in [0.4, 0.5) is 5.82 Å². The highest BCUT2D eigenvalue weighted by atomic mass is 16.2. The van der Waals surface area contributed by atoms with Crippen molar-refractivity contribution in [1.82, 2.24) is 19.8 Å². The van der Waals surface area contributed by atoms with Crippen molar-refractivity contribution in [1.29, 1.82) is 0 Å². The molecule has 1 atom stereocenters. The number of carbonyl (C=O) groups is 1. The van der Waals surface area contributed by atoms with Crippen molar-refractivity contribution in [2.45, 2.75) is 18.9 Å². The van der Waals surface area contributed by atoms with Crippen LogP contribution in [0.1, 0.15) is 34.8 Å². The number of likely N-dealkylation sites (N-methyl/N-ethyl adjacent to an activating group) is 1. The third-order valence-electron chi connectivity index (χ3n) is 6.54. The van der Waals surface area contributed by atoms with Gasteiger partial charge in [0.25, 0.3) is 5.91 Å². The lowest BCUT2D eigenvalue weighted by Crippen LogP contribution is -2.49. The summed E-state index contributed by atoms with van der Waals surface area (Å²) in [7, 11) is 2.12. The number of nitrogens with zero attached hydrogens (tertiary/aromatic N) is 5. The fourth-order valence-corrected chi connectivity index (χ4v) is 4.70. The number of anilines is 1. The zero-order chi connectivity index (χ0) is 21.9. The van der Waals surface area contributed by atoms with Crippen LogP contribution in [0.2, 0.25) is 0 Å². The molecule has 1 unspecified atom stereocenters. The third-order valence-corrected chi connectivity index (χ3v) is 6.54. The van der Waals surface area contributed by atoms with Gasteiger partial charge >= 0.3 is 0 Å². The maximum absolute atomic E-state index is 13.4. The van der Waals surface area contributed by atoms with Crippen LogP contribution in [0.15, 0.2) is 67.0 Å². The van der Waals surface area contributed by atoms with Gasteiger partial charge < -0.3 is 14.7 Å². The Kier molecular flexibility index (Phi) is 5.86. The fraction of sp³-hybridized carbons (Fsp3) is 0.346. The van der Waals surface area contributed by atoms with E-state index in [1.165, 1.54) is 18.4 Å². The first kappa shape index (κ1) is 20.6. The minimum absolute atomic E-state index is 0.0620. The second kappa shape index (κ2) is 9.09. The van der Waals surface area contributed by atoms with Crippen LogP contribution in [0.3, 0.4) is 0 Å². The van der Waals surface area contributed by atoms with Crippen LogP contribution >= 0.6 is 0 Å². The molecular weight excluding hydrogens is 398 g/mol. The molecule has 5 rings (SSSR count). The van der Waals surface area contributed by atoms with Crippen LogP contribution in [0.25, 0.3) is 11.3 Å². The van der Waals surface area contributed by atoms with E-state index < -0.39 is 0 Å². The average molecular weight is 428 g/mol. The molecule has 164 valence electrons. The molecule has 2 aliphatic rings. The van der Waals surface area contributed by atoms with Crippen molar-refractivity contribution in [2.75, 3.05) is 44.7 Å². The first-order valence-electron chi connectivity index (χ1n) is 11.4. The van der Waals surface area contributed by atoms with E-state index >= 15 is 0 Å². The van der Waals surface area contributed by atoms with Gasteiger partial charge in [-0.3, -0.25) is 4.79 Å². The van der Waals surface area contributed by atoms with Gasteiger partial charge in [-0.25, -0.2) is 9.97 Å². The lowest BCUT2D eigenvalue weighted by molar-refractivity contribution is 0.0498. The summed E-state index contributed by atoms with van der Waals surface area (Å²) in [5.74, 6) is 1.06. The summed E-state index contributed by atoms with van der Waals surface area (Å²) in [6.07, 6.45) is 4.07. The van der Waals surface area contributed by atoms with Gasteiger partial charge in [0.05, 0.1) is 11.7 Å². The molecule has 2 fully saturated rings. The molecule has 2 aliphatic heterocycles. The molecule has 0 bridgehead atoms. The predicted octanol–water partition coefficient (Wildman–Crippen LogP) is 3.87. The van der Waals surface area contributed by atoms with Crippen molar-refractivity contribution in [3.63, 3.8) is 0 Å². The fourth-order valence-electron chi connectivity index (χ4n) is 4.70. The number of hydrogen-bond acceptors (Lipinski definition) is 5. The summed E-state index contributed by atoms with van der Waals surface area (Å²) in [4.78, 5) is 29.0. The highest BCUT2D eigenvalue weighted by Crippen LogP contribution is 2.28. The summed E-state index contributed by atoms with van der Waals surface area (Å²) in [5.41, 5.74) is 3.79. The van der Waals surface area contributed by atoms with Gasteiger partial charge in [0.2, 0.25) is 0 Å². The zero-order valence-electron chi connectivity index (χ0n) is 18.5. The maximum Gasteiger partial charge on any atom is 0.254 e. The highest BCUT2D eigenvalue weighted by Gasteiger charge is 2.30. The number of hydrogen-bond donors (Lipinski definition) is 0. The van der Waals surface area contributed by atoms with Crippen molar-refractivity contribution in [3.05, 3.63) is 78.1 Å². The van der Waals surface area contributed by atoms with E-state index in [1.54, 1.807) is 6.33 Å². The van der Waals surface area contributed by atoms with E-state index in [9.17, 15) is 4.79 Å². The number of amides is 1. The van der Waals surface area contributed by atoms with Gasteiger partial charge in [0, 0.05) is 49.9 Å². The quantitative estimate of drug-likeness (QED) is 0.633. The molecule has 2 saturated heterocycles. The van der Waals surface area contributed by atoms with Crippen molar-refractivity contribution in [2.24, 2.45) is 0 Å². The third kappa shape index (κ3) is 4.23. The molecule has 0 aliphatic carbocycles. The van der Waals surface area contributed by atoms with Crippen molar-refractivity contribution >= 4 is 11.7 Å². The first-order valence-corrected chi connectivity index (χ1v) is 11.4. The van der Waals surface area contributed by atoms with Gasteiger partial charge in [-0.05, 0) is 37.6 Å². The Morgan fingerprint density at radius 1 is 0.906 bits per heavy atom.